The van der Waals surface area contributed by atoms with E-state index in [4.69, 9.17) is 5.73 Å². The molecule has 0 aromatic heterocycles. The largest absolute Gasteiger partial charge is 0.506 e. The first-order chi connectivity index (χ1) is 10.1. The summed E-state index contributed by atoms with van der Waals surface area (Å²) >= 11 is 0. The molecule has 0 aliphatic carbocycles. The van der Waals surface area contributed by atoms with E-state index in [1.165, 1.54) is 12.3 Å². The van der Waals surface area contributed by atoms with Gasteiger partial charge < -0.3 is 15.9 Å². The van der Waals surface area contributed by atoms with Gasteiger partial charge in [-0.15, -0.1) is 0 Å². The van der Waals surface area contributed by atoms with Crippen molar-refractivity contribution in [2.45, 2.75) is 12.5 Å². The molecule has 0 heterocycles. The van der Waals surface area contributed by atoms with Crippen molar-refractivity contribution in [1.82, 2.24) is 0 Å². The molecule has 0 saturated carbocycles. The average molecular weight is 284 g/mol. The summed E-state index contributed by atoms with van der Waals surface area (Å²) in [6.45, 7) is 0. The van der Waals surface area contributed by atoms with Gasteiger partial charge in [-0.05, 0) is 29.3 Å². The van der Waals surface area contributed by atoms with E-state index in [9.17, 15) is 15.0 Å². The summed E-state index contributed by atoms with van der Waals surface area (Å²) in [5.41, 5.74) is 7.37. The quantitative estimate of drug-likeness (QED) is 0.445. The summed E-state index contributed by atoms with van der Waals surface area (Å²) in [5.74, 6) is -0.993. The summed E-state index contributed by atoms with van der Waals surface area (Å²) in [6.07, 6.45) is 1.78. The maximum Gasteiger partial charge on any atom is 0.328 e. The van der Waals surface area contributed by atoms with Crippen molar-refractivity contribution in [3.63, 3.8) is 0 Å². The number of hydrogen-bond acceptors (Lipinski definition) is 4. The topological polar surface area (TPSA) is 95.9 Å². The lowest BCUT2D eigenvalue weighted by atomic mass is 10.1. The zero-order valence-corrected chi connectivity index (χ0v) is 11.3. The molecule has 1 atom stereocenters. The highest BCUT2D eigenvalue weighted by molar-refractivity contribution is 5.85. The molecule has 0 radical (unpaired) electrons. The van der Waals surface area contributed by atoms with Crippen LogP contribution in [0.25, 0.3) is 0 Å². The minimum atomic E-state index is -0.984. The monoisotopic (exact) mass is 284 g/mol. The predicted molar refractivity (Wildman–Crippen MR) is 81.7 cm³/mol. The maximum atomic E-state index is 11.3. The number of rotatable bonds is 5. The van der Waals surface area contributed by atoms with Crippen molar-refractivity contribution < 1.29 is 15.0 Å². The Hall–Kier alpha value is -2.82. The number of hydrogen-bond donors (Lipinski definition) is 3. The van der Waals surface area contributed by atoms with Crippen LogP contribution in [0.3, 0.4) is 0 Å². The van der Waals surface area contributed by atoms with E-state index in [2.05, 4.69) is 4.99 Å². The minimum absolute atomic E-state index is 0.00813. The Morgan fingerprint density at radius 3 is 2.57 bits per heavy atom. The lowest BCUT2D eigenvalue weighted by Gasteiger charge is -2.07. The number of phenolic OH excluding ortho intramolecular Hbond substituents is 1. The molecule has 21 heavy (non-hydrogen) atoms. The first-order valence-electron chi connectivity index (χ1n) is 6.44. The van der Waals surface area contributed by atoms with Gasteiger partial charge in [0.15, 0.2) is 6.04 Å². The molecule has 2 rings (SSSR count). The van der Waals surface area contributed by atoms with Crippen LogP contribution in [-0.2, 0) is 11.2 Å². The summed E-state index contributed by atoms with van der Waals surface area (Å²) in [6, 6.07) is 13.1. The number of nitrogens with zero attached hydrogens (tertiary/aromatic N) is 1. The number of carboxylic acids is 1. The normalized spacial score (nSPS) is 12.4. The predicted octanol–water partition coefficient (Wildman–Crippen LogP) is 2.09. The second kappa shape index (κ2) is 6.56. The third-order valence-corrected chi connectivity index (χ3v) is 3.01. The molecule has 0 bridgehead atoms. The zero-order chi connectivity index (χ0) is 15.2. The number of benzene rings is 2. The number of aliphatic imine (C=N–C) groups is 1. The summed E-state index contributed by atoms with van der Waals surface area (Å²) in [5, 5.41) is 18.6. The van der Waals surface area contributed by atoms with Gasteiger partial charge in [-0.2, -0.15) is 0 Å². The van der Waals surface area contributed by atoms with Gasteiger partial charge in [0.2, 0.25) is 0 Å². The molecule has 2 aromatic rings. The number of aliphatic carboxylic acids is 1. The standard InChI is InChI=1S/C16H16N2O3/c17-13-8-12(6-7-15(13)19)10-18-14(16(20)21)9-11-4-2-1-3-5-11/h1-8,10,14,19H,9,17H2,(H,20,21)/t14-/m1/s1. The highest BCUT2D eigenvalue weighted by Gasteiger charge is 2.15. The fraction of sp³-hybridized carbons (Fsp3) is 0.125. The molecule has 0 fully saturated rings. The van der Waals surface area contributed by atoms with E-state index >= 15 is 0 Å². The number of nitrogen functional groups attached to an aromatic ring is 1. The molecule has 108 valence electrons. The molecule has 0 unspecified atom stereocenters. The summed E-state index contributed by atoms with van der Waals surface area (Å²) in [4.78, 5) is 15.4. The Morgan fingerprint density at radius 2 is 1.95 bits per heavy atom. The summed E-state index contributed by atoms with van der Waals surface area (Å²) in [7, 11) is 0. The van der Waals surface area contributed by atoms with Crippen LogP contribution in [0.4, 0.5) is 5.69 Å². The van der Waals surface area contributed by atoms with Gasteiger partial charge in [0.25, 0.3) is 0 Å². The van der Waals surface area contributed by atoms with E-state index in [0.29, 0.717) is 12.0 Å². The molecular formula is C16H16N2O3. The fourth-order valence-electron chi connectivity index (χ4n) is 1.87. The van der Waals surface area contributed by atoms with E-state index in [-0.39, 0.29) is 11.4 Å². The van der Waals surface area contributed by atoms with Gasteiger partial charge in [0.1, 0.15) is 5.75 Å². The number of phenols is 1. The van der Waals surface area contributed by atoms with Gasteiger partial charge in [0.05, 0.1) is 5.69 Å². The third-order valence-electron chi connectivity index (χ3n) is 3.01. The smallest absolute Gasteiger partial charge is 0.328 e. The minimum Gasteiger partial charge on any atom is -0.506 e. The number of aromatic hydroxyl groups is 1. The van der Waals surface area contributed by atoms with E-state index in [1.807, 2.05) is 30.3 Å². The molecule has 5 heteroatoms. The lowest BCUT2D eigenvalue weighted by molar-refractivity contribution is -0.138. The summed E-state index contributed by atoms with van der Waals surface area (Å²) < 4.78 is 0. The van der Waals surface area contributed by atoms with Crippen molar-refractivity contribution in [3.8, 4) is 5.75 Å². The number of anilines is 1. The Bertz CT molecular complexity index is 654. The molecule has 0 aliphatic rings. The zero-order valence-electron chi connectivity index (χ0n) is 11.3. The van der Waals surface area contributed by atoms with Crippen LogP contribution in [0.2, 0.25) is 0 Å². The molecule has 0 aliphatic heterocycles. The van der Waals surface area contributed by atoms with Crippen LogP contribution in [0, 0.1) is 0 Å². The molecule has 5 nitrogen and oxygen atoms in total. The van der Waals surface area contributed by atoms with Crippen LogP contribution in [-0.4, -0.2) is 28.4 Å². The number of carbonyl (C=O) groups is 1. The highest BCUT2D eigenvalue weighted by Crippen LogP contribution is 2.19. The molecule has 0 spiro atoms. The van der Waals surface area contributed by atoms with Crippen LogP contribution in [0.1, 0.15) is 11.1 Å². The van der Waals surface area contributed by atoms with Crippen molar-refractivity contribution in [2.75, 3.05) is 5.73 Å². The molecule has 0 saturated heterocycles. The van der Waals surface area contributed by atoms with E-state index in [1.54, 1.807) is 12.1 Å². The van der Waals surface area contributed by atoms with E-state index < -0.39 is 12.0 Å². The van der Waals surface area contributed by atoms with Crippen molar-refractivity contribution >= 4 is 17.9 Å². The fourth-order valence-corrected chi connectivity index (χ4v) is 1.87. The van der Waals surface area contributed by atoms with Crippen molar-refractivity contribution in [1.29, 1.82) is 0 Å². The van der Waals surface area contributed by atoms with Gasteiger partial charge in [-0.3, -0.25) is 4.99 Å². The lowest BCUT2D eigenvalue weighted by Crippen LogP contribution is -2.20. The Morgan fingerprint density at radius 1 is 1.24 bits per heavy atom. The number of carboxylic acid groups (broad SMARTS) is 1. The Labute approximate surface area is 122 Å². The number of nitrogens with two attached hydrogens (primary N) is 1. The first-order valence-corrected chi connectivity index (χ1v) is 6.44. The third kappa shape index (κ3) is 4.07. The van der Waals surface area contributed by atoms with Crippen LogP contribution >= 0.6 is 0 Å². The van der Waals surface area contributed by atoms with Gasteiger partial charge in [-0.1, -0.05) is 30.3 Å². The van der Waals surface area contributed by atoms with Crippen LogP contribution < -0.4 is 5.73 Å². The molecule has 4 N–H and O–H groups in total. The molecule has 0 amide bonds. The van der Waals surface area contributed by atoms with Crippen molar-refractivity contribution in [3.05, 3.63) is 59.7 Å². The molecular weight excluding hydrogens is 268 g/mol. The Kier molecular flexibility index (Phi) is 4.56. The Balaban J connectivity index is 2.14. The van der Waals surface area contributed by atoms with Gasteiger partial charge >= 0.3 is 5.97 Å². The second-order valence-electron chi connectivity index (χ2n) is 4.64. The van der Waals surface area contributed by atoms with Gasteiger partial charge in [-0.25, -0.2) is 4.79 Å². The van der Waals surface area contributed by atoms with E-state index in [0.717, 1.165) is 5.56 Å². The first kappa shape index (κ1) is 14.6. The van der Waals surface area contributed by atoms with Crippen LogP contribution in [0.15, 0.2) is 53.5 Å². The highest BCUT2D eigenvalue weighted by atomic mass is 16.4. The second-order valence-corrected chi connectivity index (χ2v) is 4.64. The van der Waals surface area contributed by atoms with Crippen molar-refractivity contribution in [2.24, 2.45) is 4.99 Å². The molecule has 2 aromatic carbocycles. The SMILES string of the molecule is Nc1cc(C=N[C@H](Cc2ccccc2)C(=O)O)ccc1O. The average Bonchev–Trinajstić information content (AvgIpc) is 2.47. The maximum absolute atomic E-state index is 11.3. The van der Waals surface area contributed by atoms with Gasteiger partial charge in [0, 0.05) is 12.6 Å². The van der Waals surface area contributed by atoms with Crippen LogP contribution in [0.5, 0.6) is 5.75 Å².